The van der Waals surface area contributed by atoms with Gasteiger partial charge in [-0.15, -0.1) is 10.2 Å². The van der Waals surface area contributed by atoms with E-state index in [1.807, 2.05) is 16.8 Å². The van der Waals surface area contributed by atoms with Crippen LogP contribution < -0.4 is 10.2 Å². The lowest BCUT2D eigenvalue weighted by molar-refractivity contribution is 0.476. The van der Waals surface area contributed by atoms with Crippen LogP contribution in [0.4, 0.5) is 5.95 Å². The minimum absolute atomic E-state index is 0.132. The van der Waals surface area contributed by atoms with E-state index in [-0.39, 0.29) is 5.75 Å². The summed E-state index contributed by atoms with van der Waals surface area (Å²) in [5.41, 5.74) is 1.97. The zero-order chi connectivity index (χ0) is 16.4. The van der Waals surface area contributed by atoms with Crippen LogP contribution in [0.5, 0.6) is 5.75 Å². The van der Waals surface area contributed by atoms with E-state index in [1.54, 1.807) is 30.9 Å². The molecule has 24 heavy (non-hydrogen) atoms. The first-order valence-corrected chi connectivity index (χ1v) is 7.78. The molecule has 1 aromatic carbocycles. The molecular formula is C16H17N7O. The van der Waals surface area contributed by atoms with Gasteiger partial charge in [-0.25, -0.2) is 9.97 Å². The van der Waals surface area contributed by atoms with Gasteiger partial charge in [-0.05, 0) is 12.1 Å². The minimum Gasteiger partial charge on any atom is -0.507 e. The number of nitrogens with one attached hydrogen (secondary N) is 1. The number of rotatable bonds is 3. The molecule has 0 spiro atoms. The maximum Gasteiger partial charge on any atom is 0.245 e. The summed E-state index contributed by atoms with van der Waals surface area (Å²) >= 11 is 0. The molecule has 3 heterocycles. The van der Waals surface area contributed by atoms with Gasteiger partial charge in [0.2, 0.25) is 5.95 Å². The molecule has 1 aliphatic rings. The SMILES string of the molecule is Oc1cc(-n2ccnc2)ccc1-c1cnc(N2CCNCC2)nn1. The Hall–Kier alpha value is -3.00. The highest BCUT2D eigenvalue weighted by atomic mass is 16.3. The van der Waals surface area contributed by atoms with Gasteiger partial charge in [-0.2, -0.15) is 0 Å². The summed E-state index contributed by atoms with van der Waals surface area (Å²) in [7, 11) is 0. The maximum atomic E-state index is 10.3. The second kappa shape index (κ2) is 6.25. The van der Waals surface area contributed by atoms with Gasteiger partial charge in [0, 0.05) is 50.2 Å². The Kier molecular flexibility index (Phi) is 3.80. The van der Waals surface area contributed by atoms with E-state index < -0.39 is 0 Å². The van der Waals surface area contributed by atoms with Crippen molar-refractivity contribution in [3.63, 3.8) is 0 Å². The van der Waals surface area contributed by atoms with E-state index >= 15 is 0 Å². The summed E-state index contributed by atoms with van der Waals surface area (Å²) in [6.07, 6.45) is 6.83. The van der Waals surface area contributed by atoms with Crippen molar-refractivity contribution < 1.29 is 5.11 Å². The van der Waals surface area contributed by atoms with Gasteiger partial charge in [-0.3, -0.25) is 0 Å². The molecule has 1 aliphatic heterocycles. The molecule has 0 unspecified atom stereocenters. The van der Waals surface area contributed by atoms with E-state index in [2.05, 4.69) is 30.4 Å². The van der Waals surface area contributed by atoms with Gasteiger partial charge < -0.3 is 19.9 Å². The number of phenolic OH excluding ortho intramolecular Hbond substituents is 1. The van der Waals surface area contributed by atoms with E-state index in [1.165, 1.54) is 0 Å². The van der Waals surface area contributed by atoms with E-state index in [4.69, 9.17) is 0 Å². The van der Waals surface area contributed by atoms with Crippen LogP contribution in [0.3, 0.4) is 0 Å². The second-order valence-corrected chi connectivity index (χ2v) is 5.55. The highest BCUT2D eigenvalue weighted by Crippen LogP contribution is 2.29. The quantitative estimate of drug-likeness (QED) is 0.738. The van der Waals surface area contributed by atoms with Crippen LogP contribution in [0.15, 0.2) is 43.1 Å². The van der Waals surface area contributed by atoms with E-state index in [0.29, 0.717) is 17.2 Å². The molecule has 0 bridgehead atoms. The van der Waals surface area contributed by atoms with Crippen molar-refractivity contribution in [2.45, 2.75) is 0 Å². The molecule has 1 saturated heterocycles. The first-order chi connectivity index (χ1) is 11.8. The minimum atomic E-state index is 0.132. The van der Waals surface area contributed by atoms with Crippen LogP contribution in [-0.4, -0.2) is 56.0 Å². The molecule has 0 atom stereocenters. The Labute approximate surface area is 138 Å². The topological polar surface area (TPSA) is 92.0 Å². The van der Waals surface area contributed by atoms with Gasteiger partial charge >= 0.3 is 0 Å². The maximum absolute atomic E-state index is 10.3. The molecule has 0 radical (unpaired) electrons. The van der Waals surface area contributed by atoms with Crippen molar-refractivity contribution in [2.24, 2.45) is 0 Å². The summed E-state index contributed by atoms with van der Waals surface area (Å²) < 4.78 is 1.82. The number of piperazine rings is 1. The molecule has 2 N–H and O–H groups in total. The fraction of sp³-hybridized carbons (Fsp3) is 0.250. The predicted molar refractivity (Wildman–Crippen MR) is 89.1 cm³/mol. The highest BCUT2D eigenvalue weighted by molar-refractivity contribution is 5.68. The van der Waals surface area contributed by atoms with Gasteiger partial charge in [0.1, 0.15) is 11.4 Å². The van der Waals surface area contributed by atoms with Crippen molar-refractivity contribution in [1.29, 1.82) is 0 Å². The van der Waals surface area contributed by atoms with Crippen molar-refractivity contribution in [3.8, 4) is 22.7 Å². The smallest absolute Gasteiger partial charge is 0.245 e. The third-order valence-electron chi connectivity index (χ3n) is 4.01. The van der Waals surface area contributed by atoms with Crippen molar-refractivity contribution in [1.82, 2.24) is 30.0 Å². The summed E-state index contributed by atoms with van der Waals surface area (Å²) in [5, 5.41) is 22.0. The largest absolute Gasteiger partial charge is 0.507 e. The molecule has 0 saturated carbocycles. The summed E-state index contributed by atoms with van der Waals surface area (Å²) in [6.45, 7) is 3.57. The van der Waals surface area contributed by atoms with E-state index in [9.17, 15) is 5.11 Å². The Bertz CT molecular complexity index is 811. The molecule has 0 amide bonds. The number of aromatic nitrogens is 5. The lowest BCUT2D eigenvalue weighted by Gasteiger charge is -2.26. The van der Waals surface area contributed by atoms with Crippen LogP contribution >= 0.6 is 0 Å². The first-order valence-electron chi connectivity index (χ1n) is 7.78. The molecule has 3 aromatic rings. The van der Waals surface area contributed by atoms with Crippen LogP contribution in [0.25, 0.3) is 16.9 Å². The Balaban J connectivity index is 1.59. The molecule has 8 heteroatoms. The standard InChI is InChI=1S/C16H17N7O/c24-15-9-12(23-8-5-18-11-23)1-2-13(15)14-10-19-16(21-20-14)22-6-3-17-4-7-22/h1-2,5,8-11,17,24H,3-4,6-7H2. The van der Waals surface area contributed by atoms with Gasteiger partial charge in [-0.1, -0.05) is 0 Å². The third kappa shape index (κ3) is 2.79. The van der Waals surface area contributed by atoms with Gasteiger partial charge in [0.15, 0.2) is 0 Å². The first kappa shape index (κ1) is 14.6. The molecule has 122 valence electrons. The number of benzene rings is 1. The van der Waals surface area contributed by atoms with Crippen molar-refractivity contribution in [2.75, 3.05) is 31.1 Å². The fourth-order valence-corrected chi connectivity index (χ4v) is 2.71. The van der Waals surface area contributed by atoms with Crippen molar-refractivity contribution in [3.05, 3.63) is 43.1 Å². The average Bonchev–Trinajstić information content (AvgIpc) is 3.17. The lowest BCUT2D eigenvalue weighted by Crippen LogP contribution is -2.44. The van der Waals surface area contributed by atoms with Gasteiger partial charge in [0.25, 0.3) is 0 Å². The molecular weight excluding hydrogens is 306 g/mol. The summed E-state index contributed by atoms with van der Waals surface area (Å²) in [4.78, 5) is 10.5. The predicted octanol–water partition coefficient (Wildman–Crippen LogP) is 0.839. The zero-order valence-corrected chi connectivity index (χ0v) is 13.0. The zero-order valence-electron chi connectivity index (χ0n) is 13.0. The Morgan fingerprint density at radius 3 is 2.67 bits per heavy atom. The van der Waals surface area contributed by atoms with Crippen molar-refractivity contribution >= 4 is 5.95 Å². The number of phenols is 1. The number of hydrogen-bond donors (Lipinski definition) is 2. The van der Waals surface area contributed by atoms with Crippen LogP contribution in [0.1, 0.15) is 0 Å². The summed E-state index contributed by atoms with van der Waals surface area (Å²) in [5.74, 6) is 0.752. The number of nitrogens with zero attached hydrogens (tertiary/aromatic N) is 6. The average molecular weight is 323 g/mol. The van der Waals surface area contributed by atoms with Gasteiger partial charge in [0.05, 0.1) is 18.2 Å². The highest BCUT2D eigenvalue weighted by Gasteiger charge is 2.15. The van der Waals surface area contributed by atoms with Crippen LogP contribution in [-0.2, 0) is 0 Å². The lowest BCUT2D eigenvalue weighted by atomic mass is 10.1. The fourth-order valence-electron chi connectivity index (χ4n) is 2.71. The second-order valence-electron chi connectivity index (χ2n) is 5.55. The van der Waals surface area contributed by atoms with Crippen LogP contribution in [0.2, 0.25) is 0 Å². The number of hydrogen-bond acceptors (Lipinski definition) is 7. The number of imidazole rings is 1. The Morgan fingerprint density at radius 1 is 1.12 bits per heavy atom. The van der Waals surface area contributed by atoms with Crippen LogP contribution in [0, 0.1) is 0 Å². The van der Waals surface area contributed by atoms with E-state index in [0.717, 1.165) is 31.9 Å². The summed E-state index contributed by atoms with van der Waals surface area (Å²) in [6, 6.07) is 5.37. The molecule has 8 nitrogen and oxygen atoms in total. The molecule has 4 rings (SSSR count). The monoisotopic (exact) mass is 323 g/mol. The number of aromatic hydroxyl groups is 1. The number of anilines is 1. The molecule has 1 fully saturated rings. The third-order valence-corrected chi connectivity index (χ3v) is 4.01. The Morgan fingerprint density at radius 2 is 2.00 bits per heavy atom. The molecule has 0 aliphatic carbocycles. The molecule has 2 aromatic heterocycles. The normalized spacial score (nSPS) is 14.8.